The van der Waals surface area contributed by atoms with Crippen molar-refractivity contribution in [1.29, 1.82) is 0 Å². The lowest BCUT2D eigenvalue weighted by atomic mass is 10.0. The Balaban J connectivity index is 2.24. The Hall–Kier alpha value is -2.44. The Kier molecular flexibility index (Phi) is 5.92. The number of carbonyl (C=O) groups excluding carboxylic acids is 2. The quantitative estimate of drug-likeness (QED) is 0.753. The Morgan fingerprint density at radius 2 is 1.44 bits per heavy atom. The molecule has 2 N–H and O–H groups in total. The topological polar surface area (TPSA) is 85.1 Å². The molecule has 7 heteroatoms. The maximum atomic E-state index is 12.7. The fraction of sp³-hybridized carbons (Fsp3) is 0.600. The summed E-state index contributed by atoms with van der Waals surface area (Å²) in [6.45, 7) is 12.1. The summed E-state index contributed by atoms with van der Waals surface area (Å²) < 4.78 is 11.0. The molecule has 1 aliphatic rings. The predicted octanol–water partition coefficient (Wildman–Crippen LogP) is 3.80. The van der Waals surface area contributed by atoms with Crippen LogP contribution in [0.2, 0.25) is 0 Å². The second-order valence-electron chi connectivity index (χ2n) is 8.78. The van der Waals surface area contributed by atoms with E-state index in [1.165, 1.54) is 0 Å². The summed E-state index contributed by atoms with van der Waals surface area (Å²) in [7, 11) is 0. The number of benzene rings is 1. The lowest BCUT2D eigenvalue weighted by molar-refractivity contribution is -0.0152. The summed E-state index contributed by atoms with van der Waals surface area (Å²) in [5, 5.41) is 0. The van der Waals surface area contributed by atoms with Gasteiger partial charge in [0.15, 0.2) is 0 Å². The fourth-order valence-electron chi connectivity index (χ4n) is 2.82. The average molecular weight is 377 g/mol. The SMILES string of the molecule is CC(C)(C)OC(=O)N1CCN(C(=O)OC(C)(C)C)[C@@H](c2ccc(N)cc2)C1. The molecule has 0 aliphatic carbocycles. The van der Waals surface area contributed by atoms with Crippen molar-refractivity contribution in [1.82, 2.24) is 9.80 Å². The van der Waals surface area contributed by atoms with Gasteiger partial charge in [-0.25, -0.2) is 9.59 Å². The summed E-state index contributed by atoms with van der Waals surface area (Å²) in [5.74, 6) is 0. The first-order valence-corrected chi connectivity index (χ1v) is 9.19. The molecule has 0 radical (unpaired) electrons. The van der Waals surface area contributed by atoms with Crippen molar-refractivity contribution in [3.8, 4) is 0 Å². The number of hydrogen-bond donors (Lipinski definition) is 1. The van der Waals surface area contributed by atoms with Gasteiger partial charge >= 0.3 is 12.2 Å². The molecule has 2 rings (SSSR count). The number of rotatable bonds is 1. The molecule has 7 nitrogen and oxygen atoms in total. The number of nitrogens with zero attached hydrogens (tertiary/aromatic N) is 2. The van der Waals surface area contributed by atoms with E-state index >= 15 is 0 Å². The minimum absolute atomic E-state index is 0.331. The van der Waals surface area contributed by atoms with E-state index in [1.807, 2.05) is 53.7 Å². The van der Waals surface area contributed by atoms with Crippen molar-refractivity contribution >= 4 is 17.9 Å². The molecule has 1 aliphatic heterocycles. The zero-order valence-corrected chi connectivity index (χ0v) is 17.1. The molecule has 2 amide bonds. The number of amides is 2. The van der Waals surface area contributed by atoms with Crippen LogP contribution in [0, 0.1) is 0 Å². The molecule has 0 unspecified atom stereocenters. The normalized spacial score (nSPS) is 18.2. The third-order valence-corrected chi connectivity index (χ3v) is 3.98. The third-order valence-electron chi connectivity index (χ3n) is 3.98. The molecular weight excluding hydrogens is 346 g/mol. The molecule has 0 saturated carbocycles. The minimum atomic E-state index is -0.592. The van der Waals surface area contributed by atoms with Crippen LogP contribution < -0.4 is 5.73 Å². The Labute approximate surface area is 161 Å². The van der Waals surface area contributed by atoms with Crippen molar-refractivity contribution < 1.29 is 19.1 Å². The largest absolute Gasteiger partial charge is 0.444 e. The van der Waals surface area contributed by atoms with Gasteiger partial charge in [0.2, 0.25) is 0 Å². The van der Waals surface area contributed by atoms with Crippen LogP contribution >= 0.6 is 0 Å². The molecular formula is C20H31N3O4. The van der Waals surface area contributed by atoms with Gasteiger partial charge in [-0.1, -0.05) is 12.1 Å². The zero-order valence-electron chi connectivity index (χ0n) is 17.1. The maximum Gasteiger partial charge on any atom is 0.410 e. The van der Waals surface area contributed by atoms with Crippen LogP contribution in [0.3, 0.4) is 0 Å². The predicted molar refractivity (Wildman–Crippen MR) is 104 cm³/mol. The van der Waals surface area contributed by atoms with E-state index < -0.39 is 17.3 Å². The van der Waals surface area contributed by atoms with Crippen LogP contribution in [-0.2, 0) is 9.47 Å². The van der Waals surface area contributed by atoms with Gasteiger partial charge in [0.05, 0.1) is 6.04 Å². The van der Waals surface area contributed by atoms with Gasteiger partial charge in [0, 0.05) is 25.3 Å². The van der Waals surface area contributed by atoms with Crippen molar-refractivity contribution in [3.63, 3.8) is 0 Å². The van der Waals surface area contributed by atoms with Gasteiger partial charge in [-0.15, -0.1) is 0 Å². The fourth-order valence-corrected chi connectivity index (χ4v) is 2.82. The number of anilines is 1. The first kappa shape index (κ1) is 20.9. The van der Waals surface area contributed by atoms with Crippen molar-refractivity contribution in [3.05, 3.63) is 29.8 Å². The molecule has 0 spiro atoms. The second kappa shape index (κ2) is 7.66. The van der Waals surface area contributed by atoms with Gasteiger partial charge < -0.3 is 20.1 Å². The highest BCUT2D eigenvalue weighted by Gasteiger charge is 2.37. The van der Waals surface area contributed by atoms with Crippen LogP contribution in [0.1, 0.15) is 53.1 Å². The van der Waals surface area contributed by atoms with Crippen molar-refractivity contribution in [2.45, 2.75) is 58.8 Å². The van der Waals surface area contributed by atoms with Crippen LogP contribution in [0.5, 0.6) is 0 Å². The second-order valence-corrected chi connectivity index (χ2v) is 8.78. The molecule has 0 bridgehead atoms. The molecule has 1 atom stereocenters. The standard InChI is InChI=1S/C20H31N3O4/c1-19(2,3)26-17(24)22-11-12-23(18(25)27-20(4,5)6)16(13-22)14-7-9-15(21)10-8-14/h7-10,16H,11-13,21H2,1-6H3/t16-/m1/s1. The molecule has 1 saturated heterocycles. The average Bonchev–Trinajstić information content (AvgIpc) is 2.52. The molecule has 150 valence electrons. The van der Waals surface area contributed by atoms with E-state index in [-0.39, 0.29) is 12.1 Å². The monoisotopic (exact) mass is 377 g/mol. The summed E-state index contributed by atoms with van der Waals surface area (Å²) >= 11 is 0. The smallest absolute Gasteiger partial charge is 0.410 e. The maximum absolute atomic E-state index is 12.7. The lowest BCUT2D eigenvalue weighted by Crippen LogP contribution is -2.54. The summed E-state index contributed by atoms with van der Waals surface area (Å²) in [6, 6.07) is 6.98. The van der Waals surface area contributed by atoms with Crippen molar-refractivity contribution in [2.24, 2.45) is 0 Å². The van der Waals surface area contributed by atoms with E-state index in [2.05, 4.69) is 0 Å². The number of ether oxygens (including phenoxy) is 2. The molecule has 0 aromatic heterocycles. The van der Waals surface area contributed by atoms with Gasteiger partial charge in [-0.05, 0) is 59.2 Å². The first-order chi connectivity index (χ1) is 12.4. The van der Waals surface area contributed by atoms with Crippen molar-refractivity contribution in [2.75, 3.05) is 25.4 Å². The molecule has 1 heterocycles. The van der Waals surface area contributed by atoms with Crippen LogP contribution in [-0.4, -0.2) is 52.8 Å². The van der Waals surface area contributed by atoms with E-state index in [0.717, 1.165) is 5.56 Å². The van der Waals surface area contributed by atoms with Crippen LogP contribution in [0.15, 0.2) is 24.3 Å². The lowest BCUT2D eigenvalue weighted by Gasteiger charge is -2.42. The molecule has 1 aromatic rings. The molecule has 1 fully saturated rings. The number of carbonyl (C=O) groups is 2. The third kappa shape index (κ3) is 6.05. The highest BCUT2D eigenvalue weighted by molar-refractivity contribution is 5.71. The Bertz CT molecular complexity index is 674. The number of hydrogen-bond acceptors (Lipinski definition) is 5. The highest BCUT2D eigenvalue weighted by Crippen LogP contribution is 2.29. The summed E-state index contributed by atoms with van der Waals surface area (Å²) in [4.78, 5) is 28.5. The van der Waals surface area contributed by atoms with Crippen LogP contribution in [0.25, 0.3) is 0 Å². The van der Waals surface area contributed by atoms with E-state index in [9.17, 15) is 9.59 Å². The van der Waals surface area contributed by atoms with Gasteiger partial charge in [0.25, 0.3) is 0 Å². The van der Waals surface area contributed by atoms with Crippen LogP contribution in [0.4, 0.5) is 15.3 Å². The van der Waals surface area contributed by atoms with Gasteiger partial charge in [-0.3, -0.25) is 4.90 Å². The molecule has 27 heavy (non-hydrogen) atoms. The molecule has 1 aromatic carbocycles. The summed E-state index contributed by atoms with van der Waals surface area (Å²) in [5.41, 5.74) is 6.16. The zero-order chi connectivity index (χ0) is 20.4. The van der Waals surface area contributed by atoms with Gasteiger partial charge in [-0.2, -0.15) is 0 Å². The number of nitrogens with two attached hydrogens (primary N) is 1. The van der Waals surface area contributed by atoms with E-state index in [0.29, 0.717) is 25.3 Å². The van der Waals surface area contributed by atoms with E-state index in [1.54, 1.807) is 21.9 Å². The number of nitrogen functional groups attached to an aromatic ring is 1. The first-order valence-electron chi connectivity index (χ1n) is 9.19. The highest BCUT2D eigenvalue weighted by atomic mass is 16.6. The van der Waals surface area contributed by atoms with E-state index in [4.69, 9.17) is 15.2 Å². The van der Waals surface area contributed by atoms with Gasteiger partial charge in [0.1, 0.15) is 11.2 Å². The number of piperazine rings is 1. The summed E-state index contributed by atoms with van der Waals surface area (Å²) in [6.07, 6.45) is -0.778. The Morgan fingerprint density at radius 1 is 0.926 bits per heavy atom. The Morgan fingerprint density at radius 3 is 1.96 bits per heavy atom. The minimum Gasteiger partial charge on any atom is -0.444 e.